The second-order valence-electron chi connectivity index (χ2n) is 5.74. The molecule has 0 aromatic carbocycles. The second kappa shape index (κ2) is 6.54. The number of rotatable bonds is 4. The van der Waals surface area contributed by atoms with Gasteiger partial charge in [-0.1, -0.05) is 13.3 Å². The van der Waals surface area contributed by atoms with Gasteiger partial charge in [-0.25, -0.2) is 4.79 Å². The zero-order valence-corrected chi connectivity index (χ0v) is 12.1. The molecule has 2 aliphatic heterocycles. The van der Waals surface area contributed by atoms with Crippen LogP contribution in [0.15, 0.2) is 0 Å². The van der Waals surface area contributed by atoms with Crippen molar-refractivity contribution in [2.75, 3.05) is 32.8 Å². The van der Waals surface area contributed by atoms with Crippen LogP contribution >= 0.6 is 0 Å². The molecule has 2 N–H and O–H groups in total. The van der Waals surface area contributed by atoms with Gasteiger partial charge in [-0.05, 0) is 25.8 Å². The Balaban J connectivity index is 2.18. The zero-order chi connectivity index (χ0) is 14.6. The SMILES string of the molecule is CCCC1(C(=O)N2CCOCC2C(=O)O)CCCNC1. The van der Waals surface area contributed by atoms with Crippen molar-refractivity contribution < 1.29 is 19.4 Å². The van der Waals surface area contributed by atoms with Crippen LogP contribution in [0.5, 0.6) is 0 Å². The Hall–Kier alpha value is -1.14. The number of piperidine rings is 1. The summed E-state index contributed by atoms with van der Waals surface area (Å²) in [6.07, 6.45) is 3.54. The molecule has 0 aromatic heterocycles. The molecule has 6 nitrogen and oxygen atoms in total. The van der Waals surface area contributed by atoms with Gasteiger partial charge >= 0.3 is 5.97 Å². The molecule has 2 aliphatic rings. The number of nitrogens with one attached hydrogen (secondary N) is 1. The Morgan fingerprint density at radius 2 is 2.30 bits per heavy atom. The van der Waals surface area contributed by atoms with E-state index in [9.17, 15) is 14.7 Å². The maximum atomic E-state index is 12.9. The number of morpholine rings is 1. The molecule has 2 atom stereocenters. The summed E-state index contributed by atoms with van der Waals surface area (Å²) in [5.74, 6) is -0.990. The van der Waals surface area contributed by atoms with Crippen molar-refractivity contribution in [2.24, 2.45) is 5.41 Å². The first-order chi connectivity index (χ1) is 9.60. The minimum atomic E-state index is -0.978. The lowest BCUT2D eigenvalue weighted by Crippen LogP contribution is -2.59. The van der Waals surface area contributed by atoms with Gasteiger partial charge in [-0.15, -0.1) is 0 Å². The number of carboxylic acids is 1. The molecule has 0 saturated carbocycles. The highest BCUT2D eigenvalue weighted by Gasteiger charge is 2.45. The summed E-state index contributed by atoms with van der Waals surface area (Å²) >= 11 is 0. The monoisotopic (exact) mass is 284 g/mol. The van der Waals surface area contributed by atoms with E-state index in [0.717, 1.165) is 32.2 Å². The number of hydrogen-bond donors (Lipinski definition) is 2. The Kier molecular flexibility index (Phi) is 4.99. The first kappa shape index (κ1) is 15.3. The topological polar surface area (TPSA) is 78.9 Å². The van der Waals surface area contributed by atoms with E-state index in [-0.39, 0.29) is 12.5 Å². The van der Waals surface area contributed by atoms with Crippen molar-refractivity contribution in [1.82, 2.24) is 10.2 Å². The van der Waals surface area contributed by atoms with Gasteiger partial charge < -0.3 is 20.1 Å². The van der Waals surface area contributed by atoms with Gasteiger partial charge in [-0.2, -0.15) is 0 Å². The average molecular weight is 284 g/mol. The highest BCUT2D eigenvalue weighted by molar-refractivity contribution is 5.88. The third-order valence-electron chi connectivity index (χ3n) is 4.33. The summed E-state index contributed by atoms with van der Waals surface area (Å²) in [4.78, 5) is 25.8. The number of carbonyl (C=O) groups is 2. The molecule has 0 bridgehead atoms. The van der Waals surface area contributed by atoms with Crippen LogP contribution in [-0.2, 0) is 14.3 Å². The Bertz CT molecular complexity index is 361. The zero-order valence-electron chi connectivity index (χ0n) is 12.1. The predicted molar refractivity (Wildman–Crippen MR) is 73.4 cm³/mol. The van der Waals surface area contributed by atoms with E-state index in [2.05, 4.69) is 12.2 Å². The number of carbonyl (C=O) groups excluding carboxylic acids is 1. The van der Waals surface area contributed by atoms with Gasteiger partial charge in [0.2, 0.25) is 5.91 Å². The van der Waals surface area contributed by atoms with Crippen LogP contribution in [0, 0.1) is 5.41 Å². The molecule has 2 unspecified atom stereocenters. The summed E-state index contributed by atoms with van der Waals surface area (Å²) in [5.41, 5.74) is -0.432. The van der Waals surface area contributed by atoms with E-state index in [1.807, 2.05) is 0 Å². The molecule has 1 amide bonds. The second-order valence-corrected chi connectivity index (χ2v) is 5.74. The van der Waals surface area contributed by atoms with Crippen LogP contribution < -0.4 is 5.32 Å². The van der Waals surface area contributed by atoms with Crippen molar-refractivity contribution in [3.05, 3.63) is 0 Å². The van der Waals surface area contributed by atoms with E-state index in [1.165, 1.54) is 4.90 Å². The van der Waals surface area contributed by atoms with Crippen molar-refractivity contribution in [2.45, 2.75) is 38.6 Å². The quantitative estimate of drug-likeness (QED) is 0.784. The fraction of sp³-hybridized carbons (Fsp3) is 0.857. The minimum absolute atomic E-state index is 0.0118. The fourth-order valence-electron chi connectivity index (χ4n) is 3.31. The van der Waals surface area contributed by atoms with E-state index in [4.69, 9.17) is 4.74 Å². The number of ether oxygens (including phenoxy) is 1. The molecule has 0 spiro atoms. The van der Waals surface area contributed by atoms with Crippen molar-refractivity contribution >= 4 is 11.9 Å². The largest absolute Gasteiger partial charge is 0.480 e. The molecule has 2 rings (SSSR count). The van der Waals surface area contributed by atoms with Gasteiger partial charge in [0.25, 0.3) is 0 Å². The molecule has 0 aliphatic carbocycles. The highest BCUT2D eigenvalue weighted by Crippen LogP contribution is 2.34. The number of nitrogens with zero attached hydrogens (tertiary/aromatic N) is 1. The average Bonchev–Trinajstić information content (AvgIpc) is 2.47. The standard InChI is InChI=1S/C14H24N2O4/c1-2-4-14(5-3-6-15-10-14)13(19)16-7-8-20-9-11(16)12(17)18/h11,15H,2-10H2,1H3,(H,17,18). The Labute approximate surface area is 119 Å². The predicted octanol–water partition coefficient (Wildman–Crippen LogP) is 0.468. The molecule has 2 fully saturated rings. The van der Waals surface area contributed by atoms with Gasteiger partial charge in [0.1, 0.15) is 0 Å². The molecular weight excluding hydrogens is 260 g/mol. The summed E-state index contributed by atoms with van der Waals surface area (Å²) < 4.78 is 5.21. The van der Waals surface area contributed by atoms with Crippen LogP contribution in [0.25, 0.3) is 0 Å². The van der Waals surface area contributed by atoms with Gasteiger partial charge in [0.15, 0.2) is 6.04 Å². The van der Waals surface area contributed by atoms with Crippen LogP contribution in [0.3, 0.4) is 0 Å². The van der Waals surface area contributed by atoms with Crippen LogP contribution in [0.4, 0.5) is 0 Å². The third kappa shape index (κ3) is 2.96. The van der Waals surface area contributed by atoms with E-state index in [1.54, 1.807) is 0 Å². The number of carboxylic acid groups (broad SMARTS) is 1. The lowest BCUT2D eigenvalue weighted by Gasteiger charge is -2.43. The molecule has 2 saturated heterocycles. The lowest BCUT2D eigenvalue weighted by atomic mass is 9.75. The Morgan fingerprint density at radius 3 is 2.90 bits per heavy atom. The van der Waals surface area contributed by atoms with Crippen LogP contribution in [-0.4, -0.2) is 60.8 Å². The summed E-state index contributed by atoms with van der Waals surface area (Å²) in [5, 5.41) is 12.6. The van der Waals surface area contributed by atoms with Crippen LogP contribution in [0.2, 0.25) is 0 Å². The van der Waals surface area contributed by atoms with Crippen LogP contribution in [0.1, 0.15) is 32.6 Å². The lowest BCUT2D eigenvalue weighted by molar-refractivity contribution is -0.164. The van der Waals surface area contributed by atoms with E-state index < -0.39 is 17.4 Å². The normalized spacial score (nSPS) is 31.1. The first-order valence-corrected chi connectivity index (χ1v) is 7.43. The van der Waals surface area contributed by atoms with Crippen molar-refractivity contribution in [3.8, 4) is 0 Å². The third-order valence-corrected chi connectivity index (χ3v) is 4.33. The number of amides is 1. The number of hydrogen-bond acceptors (Lipinski definition) is 4. The highest BCUT2D eigenvalue weighted by atomic mass is 16.5. The summed E-state index contributed by atoms with van der Waals surface area (Å²) in [7, 11) is 0. The van der Waals surface area contributed by atoms with E-state index >= 15 is 0 Å². The summed E-state index contributed by atoms with van der Waals surface area (Å²) in [6.45, 7) is 4.55. The van der Waals surface area contributed by atoms with Gasteiger partial charge in [-0.3, -0.25) is 4.79 Å². The molecule has 0 aromatic rings. The summed E-state index contributed by atoms with van der Waals surface area (Å²) in [6, 6.07) is -0.841. The van der Waals surface area contributed by atoms with Gasteiger partial charge in [0.05, 0.1) is 18.6 Å². The molecule has 2 heterocycles. The van der Waals surface area contributed by atoms with Crippen molar-refractivity contribution in [3.63, 3.8) is 0 Å². The maximum Gasteiger partial charge on any atom is 0.328 e. The Morgan fingerprint density at radius 1 is 1.50 bits per heavy atom. The fourth-order valence-corrected chi connectivity index (χ4v) is 3.31. The molecule has 0 radical (unpaired) electrons. The molecular formula is C14H24N2O4. The smallest absolute Gasteiger partial charge is 0.328 e. The number of aliphatic carboxylic acids is 1. The van der Waals surface area contributed by atoms with E-state index in [0.29, 0.717) is 19.7 Å². The molecule has 114 valence electrons. The maximum absolute atomic E-state index is 12.9. The molecule has 6 heteroatoms. The van der Waals surface area contributed by atoms with Crippen molar-refractivity contribution in [1.29, 1.82) is 0 Å². The minimum Gasteiger partial charge on any atom is -0.480 e. The van der Waals surface area contributed by atoms with Gasteiger partial charge in [0, 0.05) is 13.1 Å². The molecule has 20 heavy (non-hydrogen) atoms. The first-order valence-electron chi connectivity index (χ1n) is 7.43.